The Bertz CT molecular complexity index is 847. The molecule has 3 nitrogen and oxygen atoms in total. The number of thiazole rings is 1. The zero-order valence-corrected chi connectivity index (χ0v) is 12.3. The summed E-state index contributed by atoms with van der Waals surface area (Å²) in [7, 11) is 0. The van der Waals surface area contributed by atoms with Crippen LogP contribution in [-0.2, 0) is 0 Å². The van der Waals surface area contributed by atoms with Gasteiger partial charge in [0.1, 0.15) is 5.01 Å². The molecule has 0 N–H and O–H groups in total. The lowest BCUT2D eigenvalue weighted by Gasteiger charge is -2.00. The zero-order chi connectivity index (χ0) is 15.7. The minimum absolute atomic E-state index is 0.169. The van der Waals surface area contributed by atoms with E-state index in [0.717, 1.165) is 17.7 Å². The first-order valence-electron chi connectivity index (χ1n) is 6.44. The molecule has 1 aromatic carbocycles. The number of aromatic nitrogens is 2. The topological polar surface area (TPSA) is 42.9 Å². The molecule has 0 unspecified atom stereocenters. The Morgan fingerprint density at radius 1 is 1.05 bits per heavy atom. The second-order valence-corrected chi connectivity index (χ2v) is 5.62. The summed E-state index contributed by atoms with van der Waals surface area (Å²) >= 11 is 1.22. The Labute approximate surface area is 129 Å². The van der Waals surface area contributed by atoms with E-state index in [1.165, 1.54) is 24.3 Å². The van der Waals surface area contributed by atoms with Gasteiger partial charge >= 0.3 is 0 Å². The van der Waals surface area contributed by atoms with E-state index in [4.69, 9.17) is 0 Å². The average Bonchev–Trinajstić information content (AvgIpc) is 2.96. The van der Waals surface area contributed by atoms with Crippen LogP contribution in [-0.4, -0.2) is 15.8 Å². The van der Waals surface area contributed by atoms with E-state index in [2.05, 4.69) is 9.97 Å². The fourth-order valence-electron chi connectivity index (χ4n) is 2.02. The average molecular weight is 316 g/mol. The van der Waals surface area contributed by atoms with E-state index in [-0.39, 0.29) is 5.78 Å². The Hall–Kier alpha value is -2.47. The fraction of sp³-hybridized carbons (Fsp3) is 0.0625. The molecule has 2 aromatic heterocycles. The van der Waals surface area contributed by atoms with Crippen molar-refractivity contribution in [2.24, 2.45) is 0 Å². The Morgan fingerprint density at radius 2 is 1.77 bits per heavy atom. The van der Waals surface area contributed by atoms with E-state index >= 15 is 0 Å². The van der Waals surface area contributed by atoms with Gasteiger partial charge in [0.05, 0.1) is 10.6 Å². The molecule has 6 heteroatoms. The number of carbonyl (C=O) groups is 1. The van der Waals surface area contributed by atoms with Gasteiger partial charge in [-0.05, 0) is 30.3 Å². The van der Waals surface area contributed by atoms with Crippen LogP contribution in [0.5, 0.6) is 0 Å². The molecular formula is C16H10F2N2OS. The maximum absolute atomic E-state index is 13.4. The van der Waals surface area contributed by atoms with Gasteiger partial charge in [-0.25, -0.2) is 13.8 Å². The van der Waals surface area contributed by atoms with Crippen LogP contribution in [0, 0.1) is 11.6 Å². The van der Waals surface area contributed by atoms with Crippen molar-refractivity contribution < 1.29 is 13.6 Å². The molecule has 0 saturated heterocycles. The molecule has 0 bridgehead atoms. The number of benzene rings is 1. The first-order chi connectivity index (χ1) is 10.6. The van der Waals surface area contributed by atoms with Crippen LogP contribution in [0.3, 0.4) is 0 Å². The highest BCUT2D eigenvalue weighted by atomic mass is 32.1. The van der Waals surface area contributed by atoms with Gasteiger partial charge in [-0.3, -0.25) is 9.78 Å². The molecule has 110 valence electrons. The van der Waals surface area contributed by atoms with E-state index in [9.17, 15) is 13.6 Å². The van der Waals surface area contributed by atoms with Crippen molar-refractivity contribution >= 4 is 17.1 Å². The SMILES string of the molecule is CC(=O)c1sc(-c2ccncc2)nc1-c1ccc(F)c(F)c1. The quantitative estimate of drug-likeness (QED) is 0.675. The molecule has 3 rings (SSSR count). The molecule has 2 heterocycles. The lowest BCUT2D eigenvalue weighted by molar-refractivity contribution is 0.102. The van der Waals surface area contributed by atoms with Gasteiger partial charge in [0, 0.05) is 30.4 Å². The first-order valence-corrected chi connectivity index (χ1v) is 7.25. The molecule has 0 fully saturated rings. The summed E-state index contributed by atoms with van der Waals surface area (Å²) in [5.41, 5.74) is 1.56. The lowest BCUT2D eigenvalue weighted by atomic mass is 10.1. The summed E-state index contributed by atoms with van der Waals surface area (Å²) in [6.45, 7) is 1.42. The van der Waals surface area contributed by atoms with Gasteiger partial charge in [-0.1, -0.05) is 0 Å². The first kappa shape index (κ1) is 14.5. The van der Waals surface area contributed by atoms with Crippen molar-refractivity contribution in [1.82, 2.24) is 9.97 Å². The predicted molar refractivity (Wildman–Crippen MR) is 80.7 cm³/mol. The zero-order valence-electron chi connectivity index (χ0n) is 11.5. The fourth-order valence-corrected chi connectivity index (χ4v) is 3.00. The van der Waals surface area contributed by atoms with Crippen LogP contribution >= 0.6 is 11.3 Å². The summed E-state index contributed by atoms with van der Waals surface area (Å²) in [4.78, 5) is 20.6. The van der Waals surface area contributed by atoms with Crippen LogP contribution in [0.4, 0.5) is 8.78 Å². The summed E-state index contributed by atoms with van der Waals surface area (Å²) < 4.78 is 26.5. The molecule has 0 aliphatic heterocycles. The maximum Gasteiger partial charge on any atom is 0.172 e. The summed E-state index contributed by atoms with van der Waals surface area (Å²) in [6.07, 6.45) is 3.25. The summed E-state index contributed by atoms with van der Waals surface area (Å²) in [5.74, 6) is -2.07. The number of nitrogens with zero attached hydrogens (tertiary/aromatic N) is 2. The molecule has 0 aliphatic rings. The van der Waals surface area contributed by atoms with Crippen molar-refractivity contribution in [3.05, 3.63) is 59.2 Å². The predicted octanol–water partition coefficient (Wildman–Crippen LogP) is 4.35. The van der Waals surface area contributed by atoms with Crippen molar-refractivity contribution in [2.75, 3.05) is 0 Å². The maximum atomic E-state index is 13.4. The van der Waals surface area contributed by atoms with Crippen molar-refractivity contribution in [2.45, 2.75) is 6.92 Å². The molecule has 0 amide bonds. The molecule has 3 aromatic rings. The van der Waals surface area contributed by atoms with E-state index < -0.39 is 11.6 Å². The number of carbonyl (C=O) groups excluding carboxylic acids is 1. The monoisotopic (exact) mass is 316 g/mol. The van der Waals surface area contributed by atoms with Crippen LogP contribution in [0.2, 0.25) is 0 Å². The molecule has 0 saturated carbocycles. The van der Waals surface area contributed by atoms with Gasteiger partial charge in [-0.2, -0.15) is 0 Å². The highest BCUT2D eigenvalue weighted by Crippen LogP contribution is 2.34. The van der Waals surface area contributed by atoms with Gasteiger partial charge in [0.15, 0.2) is 17.4 Å². The number of halogens is 2. The second kappa shape index (κ2) is 5.73. The third kappa shape index (κ3) is 2.65. The Kier molecular flexibility index (Phi) is 3.77. The van der Waals surface area contributed by atoms with E-state index in [1.807, 2.05) is 0 Å². The van der Waals surface area contributed by atoms with Crippen LogP contribution in [0.25, 0.3) is 21.8 Å². The number of rotatable bonds is 3. The highest BCUT2D eigenvalue weighted by Gasteiger charge is 2.18. The largest absolute Gasteiger partial charge is 0.294 e. The van der Waals surface area contributed by atoms with Crippen LogP contribution < -0.4 is 0 Å². The van der Waals surface area contributed by atoms with Gasteiger partial charge in [0.2, 0.25) is 0 Å². The molecular weight excluding hydrogens is 306 g/mol. The van der Waals surface area contributed by atoms with Crippen LogP contribution in [0.15, 0.2) is 42.7 Å². The Balaban J connectivity index is 2.16. The van der Waals surface area contributed by atoms with Gasteiger partial charge < -0.3 is 0 Å². The number of hydrogen-bond donors (Lipinski definition) is 0. The van der Waals surface area contributed by atoms with Gasteiger partial charge in [-0.15, -0.1) is 11.3 Å². The second-order valence-electron chi connectivity index (χ2n) is 4.62. The molecule has 0 radical (unpaired) electrons. The van der Waals surface area contributed by atoms with E-state index in [0.29, 0.717) is 21.1 Å². The standard InChI is InChI=1S/C16H10F2N2OS/c1-9(21)15-14(11-2-3-12(17)13(18)8-11)20-16(22-15)10-4-6-19-7-5-10/h2-8H,1H3. The van der Waals surface area contributed by atoms with Crippen LogP contribution in [0.1, 0.15) is 16.6 Å². The smallest absolute Gasteiger partial charge is 0.172 e. The van der Waals surface area contributed by atoms with E-state index in [1.54, 1.807) is 24.5 Å². The van der Waals surface area contributed by atoms with Gasteiger partial charge in [0.25, 0.3) is 0 Å². The summed E-state index contributed by atoms with van der Waals surface area (Å²) in [5, 5.41) is 0.632. The normalized spacial score (nSPS) is 10.7. The third-order valence-corrected chi connectivity index (χ3v) is 4.27. The third-order valence-electron chi connectivity index (χ3n) is 3.07. The number of ketones is 1. The van der Waals surface area contributed by atoms with Crippen molar-refractivity contribution in [3.8, 4) is 21.8 Å². The minimum atomic E-state index is -0.967. The number of pyridine rings is 1. The molecule has 0 atom stereocenters. The lowest BCUT2D eigenvalue weighted by Crippen LogP contribution is -1.93. The number of hydrogen-bond acceptors (Lipinski definition) is 4. The minimum Gasteiger partial charge on any atom is -0.294 e. The van der Waals surface area contributed by atoms with Crippen molar-refractivity contribution in [1.29, 1.82) is 0 Å². The summed E-state index contributed by atoms with van der Waals surface area (Å²) in [6, 6.07) is 7.04. The molecule has 22 heavy (non-hydrogen) atoms. The molecule has 0 spiro atoms. The molecule has 0 aliphatic carbocycles. The Morgan fingerprint density at radius 3 is 2.41 bits per heavy atom. The number of Topliss-reactive ketones (excluding diaryl/α,β-unsaturated/α-hetero) is 1. The van der Waals surface area contributed by atoms with Crippen molar-refractivity contribution in [3.63, 3.8) is 0 Å². The highest BCUT2D eigenvalue weighted by molar-refractivity contribution is 7.17.